The van der Waals surface area contributed by atoms with Crippen LogP contribution in [0.4, 0.5) is 17.1 Å². The van der Waals surface area contributed by atoms with Crippen molar-refractivity contribution in [2.75, 3.05) is 24.7 Å². The van der Waals surface area contributed by atoms with Gasteiger partial charge >= 0.3 is 0 Å². The molecule has 26 heavy (non-hydrogen) atoms. The molecule has 2 N–H and O–H groups in total. The zero-order valence-corrected chi connectivity index (χ0v) is 14.8. The van der Waals surface area contributed by atoms with Crippen molar-refractivity contribution in [2.45, 2.75) is 5.92 Å². The van der Waals surface area contributed by atoms with Crippen molar-refractivity contribution in [3.8, 4) is 0 Å². The lowest BCUT2D eigenvalue weighted by molar-refractivity contribution is -0.384. The Hall–Kier alpha value is -3.34. The first-order valence-electron chi connectivity index (χ1n) is 8.42. The van der Waals surface area contributed by atoms with Gasteiger partial charge in [-0.25, -0.2) is 0 Å². The Bertz CT molecular complexity index is 825. The smallest absolute Gasteiger partial charge is 0.269 e. The molecule has 5 heteroatoms. The third-order valence-corrected chi connectivity index (χ3v) is 4.50. The van der Waals surface area contributed by atoms with Crippen molar-refractivity contribution < 1.29 is 4.92 Å². The topological polar surface area (TPSA) is 67.2 Å². The van der Waals surface area contributed by atoms with Crippen LogP contribution in [0.15, 0.2) is 72.8 Å². The van der Waals surface area contributed by atoms with E-state index in [9.17, 15) is 10.1 Å². The lowest BCUT2D eigenvalue weighted by Gasteiger charge is -2.19. The standard InChI is InChI=1S/C21H21N3O2/c1-22-18-9-3-15(4-10-18)21(16-5-11-19(23-2)12-6-16)17-7-13-20(14-8-17)24(25)26/h3-14,21-23H,1-2H3. The van der Waals surface area contributed by atoms with Gasteiger partial charge in [-0.15, -0.1) is 0 Å². The summed E-state index contributed by atoms with van der Waals surface area (Å²) in [5, 5.41) is 17.2. The highest BCUT2D eigenvalue weighted by molar-refractivity contribution is 5.52. The lowest BCUT2D eigenvalue weighted by atomic mass is 9.85. The molecule has 132 valence electrons. The quantitative estimate of drug-likeness (QED) is 0.380. The van der Waals surface area contributed by atoms with E-state index in [0.29, 0.717) is 0 Å². The van der Waals surface area contributed by atoms with Crippen LogP contribution in [-0.4, -0.2) is 19.0 Å². The van der Waals surface area contributed by atoms with Gasteiger partial charge in [0, 0.05) is 43.5 Å². The number of rotatable bonds is 6. The maximum Gasteiger partial charge on any atom is 0.269 e. The lowest BCUT2D eigenvalue weighted by Crippen LogP contribution is -2.04. The van der Waals surface area contributed by atoms with E-state index in [-0.39, 0.29) is 16.5 Å². The van der Waals surface area contributed by atoms with E-state index < -0.39 is 0 Å². The van der Waals surface area contributed by atoms with E-state index in [1.165, 1.54) is 0 Å². The maximum absolute atomic E-state index is 11.0. The molecular weight excluding hydrogens is 326 g/mol. The van der Waals surface area contributed by atoms with Crippen LogP contribution in [0.2, 0.25) is 0 Å². The van der Waals surface area contributed by atoms with E-state index in [1.54, 1.807) is 12.1 Å². The highest BCUT2D eigenvalue weighted by Crippen LogP contribution is 2.34. The first-order chi connectivity index (χ1) is 12.6. The molecule has 0 atom stereocenters. The van der Waals surface area contributed by atoms with E-state index in [1.807, 2.05) is 50.5 Å². The van der Waals surface area contributed by atoms with E-state index in [4.69, 9.17) is 0 Å². The SMILES string of the molecule is CNc1ccc(C(c2ccc(NC)cc2)c2ccc([N+](=O)[O-])cc2)cc1. The number of hydrogen-bond acceptors (Lipinski definition) is 4. The van der Waals surface area contributed by atoms with Crippen molar-refractivity contribution in [2.24, 2.45) is 0 Å². The first-order valence-corrected chi connectivity index (χ1v) is 8.42. The molecule has 0 aliphatic heterocycles. The molecular formula is C21H21N3O2. The van der Waals surface area contributed by atoms with Gasteiger partial charge in [-0.1, -0.05) is 36.4 Å². The molecule has 0 fully saturated rings. The Morgan fingerprint density at radius 1 is 0.692 bits per heavy atom. The Balaban J connectivity index is 2.06. The van der Waals surface area contributed by atoms with Crippen LogP contribution in [0.3, 0.4) is 0 Å². The fourth-order valence-electron chi connectivity index (χ4n) is 3.05. The van der Waals surface area contributed by atoms with Crippen molar-refractivity contribution in [1.82, 2.24) is 0 Å². The summed E-state index contributed by atoms with van der Waals surface area (Å²) < 4.78 is 0. The molecule has 0 radical (unpaired) electrons. The molecule has 3 aromatic rings. The second-order valence-corrected chi connectivity index (χ2v) is 6.03. The molecule has 0 spiro atoms. The Morgan fingerprint density at radius 2 is 1.04 bits per heavy atom. The van der Waals surface area contributed by atoms with Crippen LogP contribution in [0.1, 0.15) is 22.6 Å². The van der Waals surface area contributed by atoms with Gasteiger partial charge in [-0.2, -0.15) is 0 Å². The molecule has 0 saturated heterocycles. The van der Waals surface area contributed by atoms with Crippen LogP contribution in [-0.2, 0) is 0 Å². The Morgan fingerprint density at radius 3 is 1.35 bits per heavy atom. The summed E-state index contributed by atoms with van der Waals surface area (Å²) in [6.07, 6.45) is 0. The van der Waals surface area contributed by atoms with Gasteiger partial charge in [0.1, 0.15) is 0 Å². The van der Waals surface area contributed by atoms with E-state index >= 15 is 0 Å². The summed E-state index contributed by atoms with van der Waals surface area (Å²) in [5.41, 5.74) is 5.47. The fraction of sp³-hybridized carbons (Fsp3) is 0.143. The van der Waals surface area contributed by atoms with Crippen molar-refractivity contribution in [1.29, 1.82) is 0 Å². The van der Waals surface area contributed by atoms with Gasteiger partial charge in [0.15, 0.2) is 0 Å². The number of non-ortho nitro benzene ring substituents is 1. The number of nitrogens with zero attached hydrogens (tertiary/aromatic N) is 1. The molecule has 5 nitrogen and oxygen atoms in total. The molecule has 3 rings (SSSR count). The number of anilines is 2. The van der Waals surface area contributed by atoms with Crippen LogP contribution in [0.25, 0.3) is 0 Å². The molecule has 0 saturated carbocycles. The number of nitro groups is 1. The summed E-state index contributed by atoms with van der Waals surface area (Å²) in [6, 6.07) is 23.3. The normalized spacial score (nSPS) is 10.6. The summed E-state index contributed by atoms with van der Waals surface area (Å²) in [4.78, 5) is 10.6. The van der Waals surface area contributed by atoms with Crippen molar-refractivity contribution in [3.63, 3.8) is 0 Å². The first kappa shape index (κ1) is 17.5. The minimum Gasteiger partial charge on any atom is -0.388 e. The highest BCUT2D eigenvalue weighted by Gasteiger charge is 2.18. The zero-order valence-electron chi connectivity index (χ0n) is 14.8. The van der Waals surface area contributed by atoms with Crippen LogP contribution < -0.4 is 10.6 Å². The largest absolute Gasteiger partial charge is 0.388 e. The zero-order chi connectivity index (χ0) is 18.5. The summed E-state index contributed by atoms with van der Waals surface area (Å²) in [5.74, 6) is 0.00705. The van der Waals surface area contributed by atoms with Gasteiger partial charge in [-0.3, -0.25) is 10.1 Å². The molecule has 0 aliphatic carbocycles. The number of nitro benzene ring substituents is 1. The summed E-state index contributed by atoms with van der Waals surface area (Å²) in [6.45, 7) is 0. The summed E-state index contributed by atoms with van der Waals surface area (Å²) >= 11 is 0. The molecule has 0 aliphatic rings. The fourth-order valence-corrected chi connectivity index (χ4v) is 3.05. The highest BCUT2D eigenvalue weighted by atomic mass is 16.6. The maximum atomic E-state index is 11.0. The third kappa shape index (κ3) is 3.67. The van der Waals surface area contributed by atoms with Gasteiger partial charge in [-0.05, 0) is 41.0 Å². The monoisotopic (exact) mass is 347 g/mol. The minimum atomic E-state index is -0.373. The van der Waals surface area contributed by atoms with E-state index in [0.717, 1.165) is 28.1 Å². The molecule has 0 bridgehead atoms. The molecule has 0 unspecified atom stereocenters. The predicted molar refractivity (Wildman–Crippen MR) is 106 cm³/mol. The third-order valence-electron chi connectivity index (χ3n) is 4.50. The number of benzene rings is 3. The molecule has 0 aromatic heterocycles. The minimum absolute atomic E-state index is 0.00705. The Kier molecular flexibility index (Phi) is 5.17. The average Bonchev–Trinajstić information content (AvgIpc) is 2.69. The van der Waals surface area contributed by atoms with Gasteiger partial charge in [0.05, 0.1) is 4.92 Å². The van der Waals surface area contributed by atoms with Crippen molar-refractivity contribution in [3.05, 3.63) is 99.6 Å². The molecule has 0 heterocycles. The van der Waals surface area contributed by atoms with Gasteiger partial charge in [0.25, 0.3) is 5.69 Å². The second kappa shape index (κ2) is 7.70. The van der Waals surface area contributed by atoms with Crippen LogP contribution >= 0.6 is 0 Å². The van der Waals surface area contributed by atoms with Crippen molar-refractivity contribution >= 4 is 17.1 Å². The molecule has 0 amide bonds. The number of nitrogens with one attached hydrogen (secondary N) is 2. The summed E-state index contributed by atoms with van der Waals surface area (Å²) in [7, 11) is 3.78. The van der Waals surface area contributed by atoms with Crippen LogP contribution in [0.5, 0.6) is 0 Å². The van der Waals surface area contributed by atoms with Crippen LogP contribution in [0, 0.1) is 10.1 Å². The number of hydrogen-bond donors (Lipinski definition) is 2. The predicted octanol–water partition coefficient (Wildman–Crippen LogP) is 4.86. The van der Waals surface area contributed by atoms with Gasteiger partial charge < -0.3 is 10.6 Å². The average molecular weight is 347 g/mol. The Labute approximate surface area is 152 Å². The second-order valence-electron chi connectivity index (χ2n) is 6.03. The van der Waals surface area contributed by atoms with E-state index in [2.05, 4.69) is 34.9 Å². The molecule has 3 aromatic carbocycles. The van der Waals surface area contributed by atoms with Gasteiger partial charge in [0.2, 0.25) is 0 Å².